The van der Waals surface area contributed by atoms with Crippen LogP contribution in [0.15, 0.2) is 182 Å². The lowest BCUT2D eigenvalue weighted by Crippen LogP contribution is -2.12. The fraction of sp³-hybridized carbons (Fsp3) is 0. The number of anilines is 3. The van der Waals surface area contributed by atoms with Crippen LogP contribution in [-0.4, -0.2) is 15.0 Å². The molecule has 230 valence electrons. The maximum Gasteiger partial charge on any atom is 0.166 e. The van der Waals surface area contributed by atoms with E-state index in [9.17, 15) is 0 Å². The maximum atomic E-state index is 5.21. The number of fused-ring (bicyclic) bond motifs is 4. The fourth-order valence-electron chi connectivity index (χ4n) is 6.67. The summed E-state index contributed by atoms with van der Waals surface area (Å²) >= 11 is 0. The standard InChI is InChI=1S/C45H30N4/c1-3-16-37(17-4-1)49(38-18-5-2-6-19-38)42-22-12-11-21-41(42)45-47-43(35-26-23-31-13-7-8-15-33(31)29-35)46-44(48-45)36-27-28-40-34(30-36)25-24-32-14-9-10-20-39(32)40/h1-30H. The highest BCUT2D eigenvalue weighted by atomic mass is 15.1. The molecule has 4 heteroatoms. The van der Waals surface area contributed by atoms with Crippen LogP contribution in [0.25, 0.3) is 66.5 Å². The molecule has 0 saturated carbocycles. The van der Waals surface area contributed by atoms with Crippen molar-refractivity contribution in [1.29, 1.82) is 0 Å². The summed E-state index contributed by atoms with van der Waals surface area (Å²) in [6.07, 6.45) is 0. The van der Waals surface area contributed by atoms with E-state index in [1.165, 1.54) is 21.5 Å². The van der Waals surface area contributed by atoms with Crippen LogP contribution in [0.1, 0.15) is 0 Å². The first-order valence-corrected chi connectivity index (χ1v) is 16.5. The molecular formula is C45H30N4. The van der Waals surface area contributed by atoms with Crippen molar-refractivity contribution in [1.82, 2.24) is 15.0 Å². The summed E-state index contributed by atoms with van der Waals surface area (Å²) in [5, 5.41) is 7.12. The van der Waals surface area contributed by atoms with Crippen molar-refractivity contribution in [3.05, 3.63) is 182 Å². The van der Waals surface area contributed by atoms with Gasteiger partial charge in [-0.25, -0.2) is 15.0 Å². The van der Waals surface area contributed by atoms with Gasteiger partial charge in [0.1, 0.15) is 0 Å². The van der Waals surface area contributed by atoms with E-state index in [-0.39, 0.29) is 0 Å². The second-order valence-electron chi connectivity index (χ2n) is 12.1. The topological polar surface area (TPSA) is 41.9 Å². The number of aromatic nitrogens is 3. The van der Waals surface area contributed by atoms with Crippen LogP contribution in [-0.2, 0) is 0 Å². The minimum absolute atomic E-state index is 0.610. The minimum atomic E-state index is 0.610. The molecule has 0 aliphatic carbocycles. The normalized spacial score (nSPS) is 11.3. The average molecular weight is 627 g/mol. The van der Waals surface area contributed by atoms with E-state index >= 15 is 0 Å². The van der Waals surface area contributed by atoms with Gasteiger partial charge in [0.2, 0.25) is 0 Å². The molecule has 0 bridgehead atoms. The molecule has 1 aromatic heterocycles. The largest absolute Gasteiger partial charge is 0.310 e. The summed E-state index contributed by atoms with van der Waals surface area (Å²) in [5.74, 6) is 1.87. The summed E-state index contributed by atoms with van der Waals surface area (Å²) in [4.78, 5) is 17.8. The van der Waals surface area contributed by atoms with E-state index in [2.05, 4.69) is 169 Å². The van der Waals surface area contributed by atoms with Crippen LogP contribution in [0.3, 0.4) is 0 Å². The van der Waals surface area contributed by atoms with Gasteiger partial charge < -0.3 is 4.90 Å². The first-order chi connectivity index (χ1) is 24.3. The predicted molar refractivity (Wildman–Crippen MR) is 203 cm³/mol. The Hall–Kier alpha value is -6.65. The Morgan fingerprint density at radius 2 is 0.816 bits per heavy atom. The quantitative estimate of drug-likeness (QED) is 0.172. The van der Waals surface area contributed by atoms with E-state index in [1.807, 2.05) is 18.2 Å². The van der Waals surface area contributed by atoms with Crippen LogP contribution in [0.5, 0.6) is 0 Å². The van der Waals surface area contributed by atoms with Gasteiger partial charge >= 0.3 is 0 Å². The van der Waals surface area contributed by atoms with Crippen LogP contribution in [0.4, 0.5) is 17.1 Å². The summed E-state index contributed by atoms with van der Waals surface area (Å²) in [7, 11) is 0. The second-order valence-corrected chi connectivity index (χ2v) is 12.1. The lowest BCUT2D eigenvalue weighted by atomic mass is 10.00. The molecule has 0 fully saturated rings. The molecule has 0 spiro atoms. The van der Waals surface area contributed by atoms with Crippen LogP contribution in [0.2, 0.25) is 0 Å². The lowest BCUT2D eigenvalue weighted by molar-refractivity contribution is 1.07. The number of rotatable bonds is 6. The molecule has 0 aliphatic heterocycles. The van der Waals surface area contributed by atoms with Gasteiger partial charge in [0.25, 0.3) is 0 Å². The lowest BCUT2D eigenvalue weighted by Gasteiger charge is -2.27. The Bertz CT molecular complexity index is 2580. The fourth-order valence-corrected chi connectivity index (χ4v) is 6.67. The van der Waals surface area contributed by atoms with Gasteiger partial charge in [0.15, 0.2) is 17.5 Å². The van der Waals surface area contributed by atoms with Crippen molar-refractivity contribution in [2.75, 3.05) is 4.90 Å². The summed E-state index contributed by atoms with van der Waals surface area (Å²) in [6, 6.07) is 63.4. The van der Waals surface area contributed by atoms with Crippen LogP contribution in [0, 0.1) is 0 Å². The van der Waals surface area contributed by atoms with Gasteiger partial charge in [-0.1, -0.05) is 133 Å². The SMILES string of the molecule is c1ccc(N(c2ccccc2)c2ccccc2-c2nc(-c3ccc4ccccc4c3)nc(-c3ccc4c(ccc5ccccc54)c3)n2)cc1. The third-order valence-electron chi connectivity index (χ3n) is 9.06. The Labute approximate surface area is 284 Å². The number of benzene rings is 8. The Morgan fingerprint density at radius 1 is 0.327 bits per heavy atom. The molecule has 0 atom stereocenters. The van der Waals surface area contributed by atoms with Crippen molar-refractivity contribution in [3.8, 4) is 34.2 Å². The highest BCUT2D eigenvalue weighted by Crippen LogP contribution is 2.40. The van der Waals surface area contributed by atoms with Crippen LogP contribution >= 0.6 is 0 Å². The molecule has 9 aromatic rings. The summed E-state index contributed by atoms with van der Waals surface area (Å²) in [6.45, 7) is 0. The number of hydrogen-bond acceptors (Lipinski definition) is 4. The first-order valence-electron chi connectivity index (χ1n) is 16.5. The highest BCUT2D eigenvalue weighted by molar-refractivity contribution is 6.08. The van der Waals surface area contributed by atoms with Crippen molar-refractivity contribution >= 4 is 49.4 Å². The van der Waals surface area contributed by atoms with Crippen LogP contribution < -0.4 is 4.90 Å². The zero-order valence-corrected chi connectivity index (χ0v) is 26.6. The predicted octanol–water partition coefficient (Wildman–Crippen LogP) is 11.8. The molecule has 0 saturated heterocycles. The molecule has 49 heavy (non-hydrogen) atoms. The van der Waals surface area contributed by atoms with E-state index in [0.29, 0.717) is 17.5 Å². The van der Waals surface area contributed by atoms with E-state index in [4.69, 9.17) is 15.0 Å². The number of hydrogen-bond donors (Lipinski definition) is 0. The maximum absolute atomic E-state index is 5.21. The van der Waals surface area contributed by atoms with Crippen molar-refractivity contribution in [2.45, 2.75) is 0 Å². The first kappa shape index (κ1) is 28.6. The third-order valence-corrected chi connectivity index (χ3v) is 9.06. The summed E-state index contributed by atoms with van der Waals surface area (Å²) in [5.41, 5.74) is 5.86. The second kappa shape index (κ2) is 12.2. The Balaban J connectivity index is 1.27. The Kier molecular flexibility index (Phi) is 7.10. The van der Waals surface area contributed by atoms with Crippen molar-refractivity contribution in [3.63, 3.8) is 0 Å². The van der Waals surface area contributed by atoms with E-state index in [0.717, 1.165) is 44.5 Å². The molecule has 0 aliphatic rings. The Morgan fingerprint density at radius 3 is 1.55 bits per heavy atom. The molecule has 0 radical (unpaired) electrons. The van der Waals surface area contributed by atoms with Gasteiger partial charge in [-0.2, -0.15) is 0 Å². The smallest absolute Gasteiger partial charge is 0.166 e. The molecule has 8 aromatic carbocycles. The number of nitrogens with zero attached hydrogens (tertiary/aromatic N) is 4. The highest BCUT2D eigenvalue weighted by Gasteiger charge is 2.20. The molecule has 0 amide bonds. The zero-order chi connectivity index (χ0) is 32.6. The molecule has 1 heterocycles. The molecule has 0 N–H and O–H groups in total. The molecule has 0 unspecified atom stereocenters. The van der Waals surface area contributed by atoms with Gasteiger partial charge in [0, 0.05) is 28.1 Å². The molecule has 9 rings (SSSR count). The average Bonchev–Trinajstić information content (AvgIpc) is 3.18. The zero-order valence-electron chi connectivity index (χ0n) is 26.6. The van der Waals surface area contributed by atoms with E-state index in [1.54, 1.807) is 0 Å². The number of para-hydroxylation sites is 3. The van der Waals surface area contributed by atoms with Gasteiger partial charge in [0.05, 0.1) is 5.69 Å². The minimum Gasteiger partial charge on any atom is -0.310 e. The van der Waals surface area contributed by atoms with Crippen molar-refractivity contribution < 1.29 is 0 Å². The molecular weight excluding hydrogens is 597 g/mol. The molecule has 4 nitrogen and oxygen atoms in total. The van der Waals surface area contributed by atoms with Gasteiger partial charge in [-0.3, -0.25) is 0 Å². The van der Waals surface area contributed by atoms with Crippen molar-refractivity contribution in [2.24, 2.45) is 0 Å². The van der Waals surface area contributed by atoms with E-state index < -0.39 is 0 Å². The summed E-state index contributed by atoms with van der Waals surface area (Å²) < 4.78 is 0. The van der Waals surface area contributed by atoms with Gasteiger partial charge in [-0.15, -0.1) is 0 Å². The third kappa shape index (κ3) is 5.35. The monoisotopic (exact) mass is 626 g/mol. The van der Waals surface area contributed by atoms with Gasteiger partial charge in [-0.05, 0) is 80.8 Å².